The van der Waals surface area contributed by atoms with Gasteiger partial charge in [0.15, 0.2) is 0 Å². The van der Waals surface area contributed by atoms with Crippen LogP contribution in [-0.4, -0.2) is 32.2 Å². The number of rotatable bonds is 2. The molecule has 0 aliphatic carbocycles. The Morgan fingerprint density at radius 3 is 2.40 bits per heavy atom. The maximum absolute atomic E-state index is 12.5. The third-order valence-electron chi connectivity index (χ3n) is 1.90. The molecule has 15 heavy (non-hydrogen) atoms. The van der Waals surface area contributed by atoms with E-state index in [1.165, 1.54) is 0 Å². The molecule has 0 saturated carbocycles. The SMILES string of the molecule is Cn1nncc1C(N)(C(=O)O)C(F)(F)F. The lowest BCUT2D eigenvalue weighted by Crippen LogP contribution is -2.57. The quantitative estimate of drug-likeness (QED) is 0.713. The number of carboxylic acids is 1. The molecule has 0 spiro atoms. The Morgan fingerprint density at radius 1 is 1.60 bits per heavy atom. The molecule has 0 bridgehead atoms. The minimum atomic E-state index is -5.13. The third-order valence-corrected chi connectivity index (χ3v) is 1.90. The maximum atomic E-state index is 12.5. The first-order valence-corrected chi connectivity index (χ1v) is 3.65. The number of nitrogens with zero attached hydrogens (tertiary/aromatic N) is 3. The van der Waals surface area contributed by atoms with Crippen molar-refractivity contribution in [3.8, 4) is 0 Å². The van der Waals surface area contributed by atoms with Crippen molar-refractivity contribution in [2.75, 3.05) is 0 Å². The van der Waals surface area contributed by atoms with Crippen molar-refractivity contribution < 1.29 is 23.1 Å². The van der Waals surface area contributed by atoms with Gasteiger partial charge in [-0.15, -0.1) is 5.10 Å². The van der Waals surface area contributed by atoms with Crippen LogP contribution in [-0.2, 0) is 17.4 Å². The highest BCUT2D eigenvalue weighted by atomic mass is 19.4. The van der Waals surface area contributed by atoms with Crippen LogP contribution >= 0.6 is 0 Å². The number of hydrogen-bond acceptors (Lipinski definition) is 4. The molecule has 0 aromatic carbocycles. The van der Waals surface area contributed by atoms with Crippen LogP contribution in [0.4, 0.5) is 13.2 Å². The highest BCUT2D eigenvalue weighted by molar-refractivity contribution is 5.80. The molecule has 9 heteroatoms. The second-order valence-corrected chi connectivity index (χ2v) is 2.85. The van der Waals surface area contributed by atoms with E-state index in [4.69, 9.17) is 10.8 Å². The van der Waals surface area contributed by atoms with Gasteiger partial charge in [-0.25, -0.2) is 9.48 Å². The van der Waals surface area contributed by atoms with Crippen LogP contribution in [0.25, 0.3) is 0 Å². The molecular formula is C6H7F3N4O2. The number of alkyl halides is 3. The summed E-state index contributed by atoms with van der Waals surface area (Å²) < 4.78 is 38.2. The number of aryl methyl sites for hydroxylation is 1. The van der Waals surface area contributed by atoms with E-state index >= 15 is 0 Å². The zero-order chi connectivity index (χ0) is 11.9. The zero-order valence-electron chi connectivity index (χ0n) is 7.49. The second kappa shape index (κ2) is 3.19. The van der Waals surface area contributed by atoms with Crippen molar-refractivity contribution in [1.82, 2.24) is 15.0 Å². The Morgan fingerprint density at radius 2 is 2.13 bits per heavy atom. The summed E-state index contributed by atoms with van der Waals surface area (Å²) in [6, 6.07) is 0. The van der Waals surface area contributed by atoms with Crippen LogP contribution in [0.15, 0.2) is 6.20 Å². The fourth-order valence-electron chi connectivity index (χ4n) is 1.02. The lowest BCUT2D eigenvalue weighted by atomic mass is 9.96. The van der Waals surface area contributed by atoms with Gasteiger partial charge in [0.05, 0.1) is 11.9 Å². The monoisotopic (exact) mass is 224 g/mol. The number of carboxylic acid groups (broad SMARTS) is 1. The molecule has 84 valence electrons. The Kier molecular flexibility index (Phi) is 2.43. The van der Waals surface area contributed by atoms with E-state index in [1.54, 1.807) is 0 Å². The van der Waals surface area contributed by atoms with Gasteiger partial charge >= 0.3 is 12.1 Å². The molecule has 0 saturated heterocycles. The van der Waals surface area contributed by atoms with Crippen LogP contribution in [0, 0.1) is 0 Å². The summed E-state index contributed by atoms with van der Waals surface area (Å²) in [4.78, 5) is 10.6. The number of aromatic nitrogens is 3. The molecule has 0 radical (unpaired) electrons. The van der Waals surface area contributed by atoms with E-state index in [-0.39, 0.29) is 0 Å². The second-order valence-electron chi connectivity index (χ2n) is 2.85. The molecule has 1 atom stereocenters. The Hall–Kier alpha value is -1.64. The van der Waals surface area contributed by atoms with Crippen LogP contribution in [0.5, 0.6) is 0 Å². The van der Waals surface area contributed by atoms with Crippen molar-refractivity contribution in [3.05, 3.63) is 11.9 Å². The molecule has 0 aliphatic heterocycles. The van der Waals surface area contributed by atoms with E-state index in [1.807, 2.05) is 0 Å². The fourth-order valence-corrected chi connectivity index (χ4v) is 1.02. The predicted molar refractivity (Wildman–Crippen MR) is 40.6 cm³/mol. The summed E-state index contributed by atoms with van der Waals surface area (Å²) in [6.07, 6.45) is -4.46. The number of nitrogens with two attached hydrogens (primary N) is 1. The fraction of sp³-hybridized carbons (Fsp3) is 0.500. The minimum absolute atomic E-state index is 0.668. The molecule has 0 amide bonds. The molecule has 3 N–H and O–H groups in total. The average Bonchev–Trinajstić information content (AvgIpc) is 2.47. The van der Waals surface area contributed by atoms with Crippen LogP contribution in [0.2, 0.25) is 0 Å². The lowest BCUT2D eigenvalue weighted by Gasteiger charge is -2.26. The standard InChI is InChI=1S/C6H7F3N4O2/c1-13-3(2-11-12-13)5(10,4(14)15)6(7,8)9/h2H,10H2,1H3,(H,14,15). The molecule has 1 heterocycles. The number of hydrogen-bond donors (Lipinski definition) is 2. The summed E-state index contributed by atoms with van der Waals surface area (Å²) in [7, 11) is 1.12. The predicted octanol–water partition coefficient (Wildman–Crippen LogP) is -0.384. The lowest BCUT2D eigenvalue weighted by molar-refractivity contribution is -0.206. The van der Waals surface area contributed by atoms with E-state index in [0.29, 0.717) is 10.9 Å². The molecular weight excluding hydrogens is 217 g/mol. The van der Waals surface area contributed by atoms with Crippen molar-refractivity contribution >= 4 is 5.97 Å². The Balaban J connectivity index is 3.39. The van der Waals surface area contributed by atoms with Crippen molar-refractivity contribution in [2.24, 2.45) is 12.8 Å². The van der Waals surface area contributed by atoms with Crippen molar-refractivity contribution in [1.29, 1.82) is 0 Å². The van der Waals surface area contributed by atoms with E-state index in [0.717, 1.165) is 7.05 Å². The topological polar surface area (TPSA) is 94.0 Å². The minimum Gasteiger partial charge on any atom is -0.479 e. The number of carbonyl (C=O) groups is 1. The van der Waals surface area contributed by atoms with Crippen LogP contribution < -0.4 is 5.73 Å². The van der Waals surface area contributed by atoms with Gasteiger partial charge in [-0.1, -0.05) is 5.21 Å². The van der Waals surface area contributed by atoms with Gasteiger partial charge in [0.25, 0.3) is 5.54 Å². The number of halogens is 3. The Bertz CT molecular complexity index is 388. The first-order valence-electron chi connectivity index (χ1n) is 3.65. The molecule has 1 unspecified atom stereocenters. The first kappa shape index (κ1) is 11.4. The first-order chi connectivity index (χ1) is 6.71. The molecule has 1 aromatic heterocycles. The van der Waals surface area contributed by atoms with Gasteiger partial charge in [-0.05, 0) is 0 Å². The summed E-state index contributed by atoms with van der Waals surface area (Å²) >= 11 is 0. The zero-order valence-corrected chi connectivity index (χ0v) is 7.49. The molecule has 1 rings (SSSR count). The molecule has 6 nitrogen and oxygen atoms in total. The smallest absolute Gasteiger partial charge is 0.423 e. The summed E-state index contributed by atoms with van der Waals surface area (Å²) in [5.74, 6) is -2.21. The van der Waals surface area contributed by atoms with Gasteiger partial charge in [0, 0.05) is 7.05 Å². The number of aliphatic carboxylic acids is 1. The van der Waals surface area contributed by atoms with Crippen LogP contribution in [0.1, 0.15) is 5.69 Å². The molecule has 1 aromatic rings. The normalized spacial score (nSPS) is 16.1. The highest BCUT2D eigenvalue weighted by Crippen LogP contribution is 2.36. The summed E-state index contributed by atoms with van der Waals surface area (Å²) in [5.41, 5.74) is 0.630. The summed E-state index contributed by atoms with van der Waals surface area (Å²) in [5, 5.41) is 14.9. The highest BCUT2D eigenvalue weighted by Gasteiger charge is 2.61. The van der Waals surface area contributed by atoms with Gasteiger partial charge in [-0.3, -0.25) is 0 Å². The van der Waals surface area contributed by atoms with Gasteiger partial charge in [-0.2, -0.15) is 13.2 Å². The van der Waals surface area contributed by atoms with Crippen molar-refractivity contribution in [3.63, 3.8) is 0 Å². The third kappa shape index (κ3) is 1.54. The van der Waals surface area contributed by atoms with E-state index in [2.05, 4.69) is 10.3 Å². The largest absolute Gasteiger partial charge is 0.479 e. The van der Waals surface area contributed by atoms with Gasteiger partial charge < -0.3 is 10.8 Å². The van der Waals surface area contributed by atoms with Crippen molar-refractivity contribution in [2.45, 2.75) is 11.7 Å². The van der Waals surface area contributed by atoms with Gasteiger partial charge in [0.2, 0.25) is 0 Å². The maximum Gasteiger partial charge on any atom is 0.423 e. The van der Waals surface area contributed by atoms with Gasteiger partial charge in [0.1, 0.15) is 0 Å². The molecule has 0 aliphatic rings. The Labute approximate surface area is 81.5 Å². The van der Waals surface area contributed by atoms with E-state index in [9.17, 15) is 18.0 Å². The average molecular weight is 224 g/mol. The van der Waals surface area contributed by atoms with Crippen LogP contribution in [0.3, 0.4) is 0 Å². The van der Waals surface area contributed by atoms with E-state index < -0.39 is 23.4 Å². The summed E-state index contributed by atoms with van der Waals surface area (Å²) in [6.45, 7) is 0. The molecule has 0 fully saturated rings.